The number of aromatic nitrogens is 2. The number of anilines is 1. The van der Waals surface area contributed by atoms with E-state index in [1.807, 2.05) is 63.2 Å². The van der Waals surface area contributed by atoms with Crippen LogP contribution < -0.4 is 4.90 Å². The summed E-state index contributed by atoms with van der Waals surface area (Å²) in [4.78, 5) is 26.3. The summed E-state index contributed by atoms with van der Waals surface area (Å²) in [5.41, 5.74) is 2.72. The van der Waals surface area contributed by atoms with Gasteiger partial charge >= 0.3 is 0 Å². The van der Waals surface area contributed by atoms with Gasteiger partial charge in [-0.3, -0.25) is 4.79 Å². The number of nitrogens with zero attached hydrogens (tertiary/aromatic N) is 4. The summed E-state index contributed by atoms with van der Waals surface area (Å²) in [5, 5.41) is 11.8. The molecule has 7 heteroatoms. The number of carbonyl (C=O) groups is 1. The van der Waals surface area contributed by atoms with E-state index in [9.17, 15) is 9.90 Å². The van der Waals surface area contributed by atoms with E-state index in [1.54, 1.807) is 4.90 Å². The summed E-state index contributed by atoms with van der Waals surface area (Å²) in [5.74, 6) is 1.54. The number of carbonyl (C=O) groups excluding carboxylic acids is 1. The van der Waals surface area contributed by atoms with Crippen molar-refractivity contribution in [3.05, 3.63) is 53.1 Å². The normalized spacial score (nSPS) is 15.4. The second-order valence-corrected chi connectivity index (χ2v) is 9.18. The standard InChI is InChI=1S/C25H29ClN4O2.H2/c1-16(2)15-21(31)25(32)30-13-11-29(12-14-30)24-18-8-4-5-10-20(18)27-23(28-24)22-17(3)7-6-9-19(22)26;/h4-10,16,21,31H,11-15H2,1-3H3;1H/t21-;/m1./s1. The molecule has 1 saturated heterocycles. The number of para-hydroxylation sites is 1. The molecule has 6 nitrogen and oxygen atoms in total. The Balaban J connectivity index is 0.00000306. The number of aliphatic hydroxyl groups is 1. The Morgan fingerprint density at radius 2 is 1.81 bits per heavy atom. The molecule has 0 aliphatic carbocycles. The zero-order valence-electron chi connectivity index (χ0n) is 18.8. The Hall–Kier alpha value is -2.70. The van der Waals surface area contributed by atoms with Crippen LogP contribution in [0.4, 0.5) is 5.82 Å². The molecular weight excluding hydrogens is 424 g/mol. The molecular formula is C25H31ClN4O2. The van der Waals surface area contributed by atoms with Crippen molar-refractivity contribution in [2.45, 2.75) is 33.3 Å². The van der Waals surface area contributed by atoms with Crippen molar-refractivity contribution in [1.29, 1.82) is 0 Å². The van der Waals surface area contributed by atoms with Crippen LogP contribution in [0, 0.1) is 12.8 Å². The fraction of sp³-hybridized carbons (Fsp3) is 0.400. The minimum absolute atomic E-state index is 0. The van der Waals surface area contributed by atoms with Gasteiger partial charge in [-0.05, 0) is 43.0 Å². The molecule has 0 radical (unpaired) electrons. The number of halogens is 1. The lowest BCUT2D eigenvalue weighted by Crippen LogP contribution is -2.52. The summed E-state index contributed by atoms with van der Waals surface area (Å²) in [6.45, 7) is 8.40. The minimum Gasteiger partial charge on any atom is -0.383 e. The summed E-state index contributed by atoms with van der Waals surface area (Å²) >= 11 is 6.51. The molecule has 4 rings (SSSR count). The first kappa shape index (κ1) is 22.5. The van der Waals surface area contributed by atoms with Crippen LogP contribution in [0.5, 0.6) is 0 Å². The maximum atomic E-state index is 12.6. The van der Waals surface area contributed by atoms with Gasteiger partial charge in [-0.1, -0.05) is 49.7 Å². The van der Waals surface area contributed by atoms with Crippen molar-refractivity contribution in [2.75, 3.05) is 31.1 Å². The lowest BCUT2D eigenvalue weighted by molar-refractivity contribution is -0.141. The third kappa shape index (κ3) is 4.57. The first-order chi connectivity index (χ1) is 15.3. The molecule has 1 fully saturated rings. The van der Waals surface area contributed by atoms with E-state index in [4.69, 9.17) is 21.6 Å². The topological polar surface area (TPSA) is 69.6 Å². The van der Waals surface area contributed by atoms with E-state index in [0.29, 0.717) is 43.4 Å². The van der Waals surface area contributed by atoms with Crippen molar-refractivity contribution in [2.24, 2.45) is 5.92 Å². The lowest BCUT2D eigenvalue weighted by Gasteiger charge is -2.37. The van der Waals surface area contributed by atoms with Crippen LogP contribution >= 0.6 is 11.6 Å². The van der Waals surface area contributed by atoms with Gasteiger partial charge in [0.2, 0.25) is 0 Å². The van der Waals surface area contributed by atoms with E-state index in [0.717, 1.165) is 27.8 Å². The predicted molar refractivity (Wildman–Crippen MR) is 131 cm³/mol. The molecule has 32 heavy (non-hydrogen) atoms. The summed E-state index contributed by atoms with van der Waals surface area (Å²) in [6, 6.07) is 13.7. The highest BCUT2D eigenvalue weighted by Crippen LogP contribution is 2.33. The number of amides is 1. The number of hydrogen-bond donors (Lipinski definition) is 1. The molecule has 0 spiro atoms. The molecule has 3 aromatic rings. The molecule has 0 bridgehead atoms. The fourth-order valence-electron chi connectivity index (χ4n) is 4.22. The average Bonchev–Trinajstić information content (AvgIpc) is 2.77. The van der Waals surface area contributed by atoms with Crippen LogP contribution in [0.1, 0.15) is 27.3 Å². The Morgan fingerprint density at radius 1 is 1.09 bits per heavy atom. The van der Waals surface area contributed by atoms with E-state index >= 15 is 0 Å². The number of aryl methyl sites for hydroxylation is 1. The zero-order valence-corrected chi connectivity index (χ0v) is 19.5. The Morgan fingerprint density at radius 3 is 2.50 bits per heavy atom. The Kier molecular flexibility index (Phi) is 6.63. The SMILES string of the molecule is Cc1cccc(Cl)c1-c1nc(N2CCN(C(=O)[C@H](O)CC(C)C)CC2)c2ccccc2n1.[HH]. The summed E-state index contributed by atoms with van der Waals surface area (Å²) in [7, 11) is 0. The molecule has 0 saturated carbocycles. The molecule has 1 aliphatic heterocycles. The van der Waals surface area contributed by atoms with Crippen LogP contribution in [0.2, 0.25) is 5.02 Å². The highest BCUT2D eigenvalue weighted by molar-refractivity contribution is 6.33. The van der Waals surface area contributed by atoms with Crippen LogP contribution in [0.25, 0.3) is 22.3 Å². The van der Waals surface area contributed by atoms with Crippen molar-refractivity contribution in [3.63, 3.8) is 0 Å². The number of hydrogen-bond acceptors (Lipinski definition) is 5. The lowest BCUT2D eigenvalue weighted by atomic mass is 10.0. The Labute approximate surface area is 195 Å². The summed E-state index contributed by atoms with van der Waals surface area (Å²) < 4.78 is 0. The first-order valence-corrected chi connectivity index (χ1v) is 11.5. The highest BCUT2D eigenvalue weighted by Gasteiger charge is 2.28. The molecule has 1 aromatic heterocycles. The molecule has 1 aliphatic rings. The smallest absolute Gasteiger partial charge is 0.251 e. The molecule has 0 unspecified atom stereocenters. The van der Waals surface area contributed by atoms with Crippen LogP contribution in [0.3, 0.4) is 0 Å². The van der Waals surface area contributed by atoms with Crippen LogP contribution in [0.15, 0.2) is 42.5 Å². The largest absolute Gasteiger partial charge is 0.383 e. The molecule has 170 valence electrons. The molecule has 2 heterocycles. The predicted octanol–water partition coefficient (Wildman–Crippen LogP) is 4.56. The van der Waals surface area contributed by atoms with Crippen LogP contribution in [-0.4, -0.2) is 58.2 Å². The van der Waals surface area contributed by atoms with Gasteiger partial charge in [-0.25, -0.2) is 9.97 Å². The van der Waals surface area contributed by atoms with E-state index in [1.165, 1.54) is 0 Å². The van der Waals surface area contributed by atoms with Gasteiger partial charge in [0, 0.05) is 38.6 Å². The highest BCUT2D eigenvalue weighted by atomic mass is 35.5. The minimum atomic E-state index is -0.934. The van der Waals surface area contributed by atoms with Crippen molar-refractivity contribution >= 4 is 34.2 Å². The van der Waals surface area contributed by atoms with Gasteiger partial charge in [0.25, 0.3) is 5.91 Å². The second kappa shape index (κ2) is 9.43. The monoisotopic (exact) mass is 454 g/mol. The van der Waals surface area contributed by atoms with E-state index in [2.05, 4.69) is 4.90 Å². The third-order valence-corrected chi connectivity index (χ3v) is 6.21. The van der Waals surface area contributed by atoms with E-state index < -0.39 is 6.10 Å². The third-order valence-electron chi connectivity index (χ3n) is 5.90. The maximum absolute atomic E-state index is 12.6. The average molecular weight is 455 g/mol. The molecule has 1 atom stereocenters. The van der Waals surface area contributed by atoms with Gasteiger partial charge in [-0.2, -0.15) is 0 Å². The second-order valence-electron chi connectivity index (χ2n) is 8.78. The number of fused-ring (bicyclic) bond motifs is 1. The van der Waals surface area contributed by atoms with Crippen molar-refractivity contribution < 1.29 is 11.3 Å². The van der Waals surface area contributed by atoms with Gasteiger partial charge in [0.05, 0.1) is 10.5 Å². The molecule has 1 N–H and O–H groups in total. The fourth-order valence-corrected chi connectivity index (χ4v) is 4.53. The Bertz CT molecular complexity index is 1110. The number of rotatable bonds is 5. The quantitative estimate of drug-likeness (QED) is 0.612. The first-order valence-electron chi connectivity index (χ1n) is 11.1. The van der Waals surface area contributed by atoms with Crippen molar-refractivity contribution in [1.82, 2.24) is 14.9 Å². The van der Waals surface area contributed by atoms with Gasteiger partial charge in [0.15, 0.2) is 5.82 Å². The van der Waals surface area contributed by atoms with Crippen molar-refractivity contribution in [3.8, 4) is 11.4 Å². The molecule has 1 amide bonds. The number of aliphatic hydroxyl groups excluding tert-OH is 1. The molecule has 2 aromatic carbocycles. The van der Waals surface area contributed by atoms with Gasteiger partial charge in [-0.15, -0.1) is 0 Å². The van der Waals surface area contributed by atoms with Crippen LogP contribution in [-0.2, 0) is 4.79 Å². The van der Waals surface area contributed by atoms with E-state index in [-0.39, 0.29) is 13.3 Å². The van der Waals surface area contributed by atoms with Gasteiger partial charge < -0.3 is 14.9 Å². The summed E-state index contributed by atoms with van der Waals surface area (Å²) in [6.07, 6.45) is -0.452. The maximum Gasteiger partial charge on any atom is 0.251 e. The number of piperazine rings is 1. The number of benzene rings is 2. The van der Waals surface area contributed by atoms with Gasteiger partial charge in [0.1, 0.15) is 11.9 Å². The zero-order chi connectivity index (χ0) is 22.8.